The summed E-state index contributed by atoms with van der Waals surface area (Å²) in [6, 6.07) is 10.1. The summed E-state index contributed by atoms with van der Waals surface area (Å²) < 4.78 is 11.6. The van der Waals surface area contributed by atoms with Gasteiger partial charge < -0.3 is 9.16 Å². The van der Waals surface area contributed by atoms with Crippen molar-refractivity contribution >= 4 is 8.32 Å². The second-order valence-electron chi connectivity index (χ2n) is 4.43. The maximum atomic E-state index is 5.98. The van der Waals surface area contributed by atoms with Gasteiger partial charge in [0.15, 0.2) is 14.6 Å². The van der Waals surface area contributed by atoms with Crippen molar-refractivity contribution in [2.75, 3.05) is 6.61 Å². The summed E-state index contributed by atoms with van der Waals surface area (Å²) in [5.41, 5.74) is 1.10. The van der Waals surface area contributed by atoms with Crippen molar-refractivity contribution in [1.82, 2.24) is 0 Å². The van der Waals surface area contributed by atoms with Crippen LogP contribution in [0.5, 0.6) is 0 Å². The lowest BCUT2D eigenvalue weighted by Crippen LogP contribution is -2.29. The Hall–Kier alpha value is -0.643. The topological polar surface area (TPSA) is 18.5 Å². The third-order valence-corrected chi connectivity index (χ3v) is 2.77. The Balaban J connectivity index is 2.75. The summed E-state index contributed by atoms with van der Waals surface area (Å²) in [5, 5.41) is 0. The van der Waals surface area contributed by atoms with Crippen molar-refractivity contribution in [2.45, 2.75) is 32.9 Å². The number of rotatable bonds is 5. The maximum absolute atomic E-state index is 5.98. The molecule has 0 spiro atoms. The van der Waals surface area contributed by atoms with E-state index >= 15 is 0 Å². The summed E-state index contributed by atoms with van der Waals surface area (Å²) in [6.07, 6.45) is -0.206. The van der Waals surface area contributed by atoms with Gasteiger partial charge in [-0.15, -0.1) is 0 Å². The van der Waals surface area contributed by atoms with Gasteiger partial charge in [-0.1, -0.05) is 30.3 Å². The normalized spacial score (nSPS) is 13.9. The number of benzene rings is 1. The molecule has 0 bridgehead atoms. The highest BCUT2D eigenvalue weighted by Crippen LogP contribution is 2.23. The van der Waals surface area contributed by atoms with Crippen molar-refractivity contribution in [3.8, 4) is 0 Å². The molecule has 1 unspecified atom stereocenters. The Bertz CT molecular complexity index is 279. The van der Waals surface area contributed by atoms with Gasteiger partial charge in [-0.25, -0.2) is 0 Å². The molecule has 1 rings (SSSR count). The minimum absolute atomic E-state index is 0.206. The molecule has 1 atom stereocenters. The van der Waals surface area contributed by atoms with E-state index < -0.39 is 8.32 Å². The summed E-state index contributed by atoms with van der Waals surface area (Å²) in [6.45, 7) is 9.17. The van der Waals surface area contributed by atoms with Crippen molar-refractivity contribution in [1.29, 1.82) is 0 Å². The highest BCUT2D eigenvalue weighted by atomic mass is 28.4. The van der Waals surface area contributed by atoms with Crippen LogP contribution in [0.2, 0.25) is 19.6 Å². The molecule has 1 aromatic carbocycles. The standard InChI is InChI=1S/C12H20O2Si/c1-5-13-12(14-15(2,3)4)11-9-7-6-8-10-11/h6-10,12H,5H2,1-4H3. The molecule has 0 amide bonds. The van der Waals surface area contributed by atoms with Gasteiger partial charge in [-0.3, -0.25) is 0 Å². The molecule has 3 heteroatoms. The molecule has 0 aromatic heterocycles. The molecule has 2 nitrogen and oxygen atoms in total. The molecule has 0 radical (unpaired) electrons. The Morgan fingerprint density at radius 1 is 1.13 bits per heavy atom. The van der Waals surface area contributed by atoms with Crippen LogP contribution in [0.15, 0.2) is 30.3 Å². The maximum Gasteiger partial charge on any atom is 0.187 e. The van der Waals surface area contributed by atoms with Gasteiger partial charge in [-0.05, 0) is 26.6 Å². The van der Waals surface area contributed by atoms with Gasteiger partial charge in [0.05, 0.1) is 0 Å². The molecule has 0 aliphatic rings. The van der Waals surface area contributed by atoms with Gasteiger partial charge in [-0.2, -0.15) is 0 Å². The lowest BCUT2D eigenvalue weighted by atomic mass is 10.2. The van der Waals surface area contributed by atoms with Crippen LogP contribution in [0, 0.1) is 0 Å². The average Bonchev–Trinajstić information content (AvgIpc) is 2.17. The van der Waals surface area contributed by atoms with E-state index in [0.717, 1.165) is 5.56 Å². The first kappa shape index (κ1) is 12.4. The predicted molar refractivity (Wildman–Crippen MR) is 65.2 cm³/mol. The largest absolute Gasteiger partial charge is 0.390 e. The first-order valence-corrected chi connectivity index (χ1v) is 8.78. The Kier molecular flexibility index (Phi) is 4.51. The molecule has 0 N–H and O–H groups in total. The summed E-state index contributed by atoms with van der Waals surface area (Å²) in [5.74, 6) is 0. The smallest absolute Gasteiger partial charge is 0.187 e. The van der Waals surface area contributed by atoms with E-state index in [2.05, 4.69) is 19.6 Å². The molecule has 0 aliphatic carbocycles. The first-order valence-electron chi connectivity index (χ1n) is 5.37. The molecule has 0 saturated heterocycles. The highest BCUT2D eigenvalue weighted by Gasteiger charge is 2.22. The zero-order chi connectivity index (χ0) is 11.3. The van der Waals surface area contributed by atoms with Crippen LogP contribution in [-0.2, 0) is 9.16 Å². The van der Waals surface area contributed by atoms with Gasteiger partial charge in [0.25, 0.3) is 0 Å². The fraction of sp³-hybridized carbons (Fsp3) is 0.500. The van der Waals surface area contributed by atoms with Crippen LogP contribution >= 0.6 is 0 Å². The zero-order valence-electron chi connectivity index (χ0n) is 9.99. The summed E-state index contributed by atoms with van der Waals surface area (Å²) in [4.78, 5) is 0. The average molecular weight is 224 g/mol. The van der Waals surface area contributed by atoms with Gasteiger partial charge in [0.1, 0.15) is 0 Å². The molecule has 1 aromatic rings. The van der Waals surface area contributed by atoms with Gasteiger partial charge in [0, 0.05) is 12.2 Å². The lowest BCUT2D eigenvalue weighted by Gasteiger charge is -2.26. The van der Waals surface area contributed by atoms with Crippen LogP contribution in [0.25, 0.3) is 0 Å². The number of hydrogen-bond donors (Lipinski definition) is 0. The van der Waals surface area contributed by atoms with E-state index in [9.17, 15) is 0 Å². The van der Waals surface area contributed by atoms with Gasteiger partial charge in [0.2, 0.25) is 0 Å². The predicted octanol–water partition coefficient (Wildman–Crippen LogP) is 3.57. The third kappa shape index (κ3) is 4.60. The zero-order valence-corrected chi connectivity index (χ0v) is 11.0. The van der Waals surface area contributed by atoms with E-state index in [4.69, 9.17) is 9.16 Å². The minimum Gasteiger partial charge on any atom is -0.390 e. The first-order chi connectivity index (χ1) is 7.03. The third-order valence-electron chi connectivity index (χ3n) is 1.85. The minimum atomic E-state index is -1.57. The van der Waals surface area contributed by atoms with Crippen molar-refractivity contribution in [3.05, 3.63) is 35.9 Å². The fourth-order valence-corrected chi connectivity index (χ4v) is 2.13. The van der Waals surface area contributed by atoms with E-state index in [1.807, 2.05) is 37.3 Å². The SMILES string of the molecule is CCOC(O[Si](C)(C)C)c1ccccc1. The van der Waals surface area contributed by atoms with Gasteiger partial charge >= 0.3 is 0 Å². The molecule has 0 aliphatic heterocycles. The van der Waals surface area contributed by atoms with Crippen LogP contribution in [0.3, 0.4) is 0 Å². The molecular weight excluding hydrogens is 204 g/mol. The van der Waals surface area contributed by atoms with E-state index in [1.54, 1.807) is 0 Å². The fourth-order valence-electron chi connectivity index (χ4n) is 1.28. The molecule has 0 saturated carbocycles. The van der Waals surface area contributed by atoms with E-state index in [0.29, 0.717) is 6.61 Å². The molecule has 15 heavy (non-hydrogen) atoms. The molecule has 84 valence electrons. The van der Waals surface area contributed by atoms with Crippen LogP contribution in [-0.4, -0.2) is 14.9 Å². The quantitative estimate of drug-likeness (QED) is 0.562. The molecular formula is C12H20O2Si. The van der Waals surface area contributed by atoms with Crippen molar-refractivity contribution in [3.63, 3.8) is 0 Å². The summed E-state index contributed by atoms with van der Waals surface area (Å²) >= 11 is 0. The number of hydrogen-bond acceptors (Lipinski definition) is 2. The lowest BCUT2D eigenvalue weighted by molar-refractivity contribution is -0.0842. The van der Waals surface area contributed by atoms with Crippen LogP contribution in [0.4, 0.5) is 0 Å². The van der Waals surface area contributed by atoms with Crippen molar-refractivity contribution < 1.29 is 9.16 Å². The number of ether oxygens (including phenoxy) is 1. The second-order valence-corrected chi connectivity index (χ2v) is 8.89. The molecule has 0 heterocycles. The Morgan fingerprint density at radius 2 is 1.73 bits per heavy atom. The Morgan fingerprint density at radius 3 is 2.20 bits per heavy atom. The second kappa shape index (κ2) is 5.44. The summed E-state index contributed by atoms with van der Waals surface area (Å²) in [7, 11) is -1.57. The van der Waals surface area contributed by atoms with E-state index in [-0.39, 0.29) is 6.29 Å². The van der Waals surface area contributed by atoms with Crippen LogP contribution < -0.4 is 0 Å². The van der Waals surface area contributed by atoms with Crippen LogP contribution in [0.1, 0.15) is 18.8 Å². The Labute approximate surface area is 93.4 Å². The monoisotopic (exact) mass is 224 g/mol. The van der Waals surface area contributed by atoms with E-state index in [1.165, 1.54) is 0 Å². The highest BCUT2D eigenvalue weighted by molar-refractivity contribution is 6.69. The van der Waals surface area contributed by atoms with Crippen molar-refractivity contribution in [2.24, 2.45) is 0 Å². The molecule has 0 fully saturated rings.